The molecule has 1 aliphatic rings. The largest absolute Gasteiger partial charge is 0.365 e. The van der Waals surface area contributed by atoms with E-state index in [1.54, 1.807) is 0 Å². The van der Waals surface area contributed by atoms with Crippen LogP contribution < -0.4 is 0 Å². The fourth-order valence-corrected chi connectivity index (χ4v) is 3.58. The van der Waals surface area contributed by atoms with Crippen molar-refractivity contribution in [3.05, 3.63) is 71.8 Å². The predicted octanol–water partition coefficient (Wildman–Crippen LogP) is 4.46. The summed E-state index contributed by atoms with van der Waals surface area (Å²) in [5.74, 6) is 0.470. The fraction of sp³-hybridized carbons (Fsp3) is 0.400. The Balaban J connectivity index is 1.92. The molecule has 1 fully saturated rings. The van der Waals surface area contributed by atoms with Crippen LogP contribution in [0.5, 0.6) is 0 Å². The Hall–Kier alpha value is -1.64. The van der Waals surface area contributed by atoms with Crippen molar-refractivity contribution < 1.29 is 4.74 Å². The monoisotopic (exact) mass is 295 g/mol. The zero-order chi connectivity index (χ0) is 15.5. The Labute approximate surface area is 133 Å². The maximum absolute atomic E-state index is 6.52. The predicted molar refractivity (Wildman–Crippen MR) is 90.7 cm³/mol. The highest BCUT2D eigenvalue weighted by Crippen LogP contribution is 2.43. The lowest BCUT2D eigenvalue weighted by Gasteiger charge is -2.43. The highest BCUT2D eigenvalue weighted by molar-refractivity contribution is 5.23. The highest BCUT2D eigenvalue weighted by atomic mass is 16.5. The molecule has 1 saturated heterocycles. The highest BCUT2D eigenvalue weighted by Gasteiger charge is 2.38. The molecule has 1 aliphatic heterocycles. The molecule has 0 spiro atoms. The molecule has 2 aromatic rings. The van der Waals surface area contributed by atoms with Crippen molar-refractivity contribution in [3.63, 3.8) is 0 Å². The third-order valence-electron chi connectivity index (χ3n) is 4.81. The molecule has 0 aliphatic carbocycles. The van der Waals surface area contributed by atoms with Crippen LogP contribution in [0.15, 0.2) is 60.7 Å². The minimum Gasteiger partial charge on any atom is -0.365 e. The summed E-state index contributed by atoms with van der Waals surface area (Å²) >= 11 is 0. The molecule has 0 N–H and O–H groups in total. The van der Waals surface area contributed by atoms with Gasteiger partial charge >= 0.3 is 0 Å². The smallest absolute Gasteiger partial charge is 0.0873 e. The Morgan fingerprint density at radius 3 is 1.95 bits per heavy atom. The van der Waals surface area contributed by atoms with E-state index in [9.17, 15) is 0 Å². The second-order valence-electron chi connectivity index (χ2n) is 6.49. The molecule has 116 valence electrons. The van der Waals surface area contributed by atoms with E-state index < -0.39 is 0 Å². The van der Waals surface area contributed by atoms with E-state index in [2.05, 4.69) is 86.6 Å². The molecule has 0 amide bonds. The molecular formula is C20H25NO. The lowest BCUT2D eigenvalue weighted by molar-refractivity contribution is -0.114. The first-order valence-corrected chi connectivity index (χ1v) is 8.08. The third-order valence-corrected chi connectivity index (χ3v) is 4.81. The van der Waals surface area contributed by atoms with Gasteiger partial charge < -0.3 is 9.64 Å². The number of ether oxygens (including phenoxy) is 1. The van der Waals surface area contributed by atoms with Gasteiger partial charge in [-0.1, -0.05) is 67.6 Å². The van der Waals surface area contributed by atoms with Crippen molar-refractivity contribution in [2.24, 2.45) is 5.92 Å². The van der Waals surface area contributed by atoms with E-state index in [-0.39, 0.29) is 12.2 Å². The van der Waals surface area contributed by atoms with Gasteiger partial charge in [0, 0.05) is 12.0 Å². The van der Waals surface area contributed by atoms with Gasteiger partial charge in [-0.3, -0.25) is 0 Å². The van der Waals surface area contributed by atoms with Crippen LogP contribution in [0.1, 0.15) is 36.7 Å². The molecule has 0 unspecified atom stereocenters. The van der Waals surface area contributed by atoms with E-state index in [0.29, 0.717) is 12.0 Å². The van der Waals surface area contributed by atoms with Crippen LogP contribution >= 0.6 is 0 Å². The van der Waals surface area contributed by atoms with Crippen LogP contribution in [-0.4, -0.2) is 25.0 Å². The van der Waals surface area contributed by atoms with Crippen molar-refractivity contribution >= 4 is 0 Å². The maximum atomic E-state index is 6.52. The Kier molecular flexibility index (Phi) is 4.60. The molecule has 0 aromatic heterocycles. The molecule has 22 heavy (non-hydrogen) atoms. The first-order valence-electron chi connectivity index (χ1n) is 8.08. The number of benzene rings is 2. The molecule has 0 saturated carbocycles. The zero-order valence-corrected chi connectivity index (χ0v) is 13.6. The molecular weight excluding hydrogens is 270 g/mol. The first kappa shape index (κ1) is 15.3. The van der Waals surface area contributed by atoms with E-state index in [1.165, 1.54) is 11.1 Å². The maximum Gasteiger partial charge on any atom is 0.0873 e. The van der Waals surface area contributed by atoms with E-state index in [4.69, 9.17) is 4.74 Å². The van der Waals surface area contributed by atoms with Gasteiger partial charge in [0.25, 0.3) is 0 Å². The molecule has 0 bridgehead atoms. The molecule has 2 aromatic carbocycles. The second kappa shape index (κ2) is 6.64. The summed E-state index contributed by atoms with van der Waals surface area (Å²) in [4.78, 5) is 2.35. The molecule has 1 heterocycles. The van der Waals surface area contributed by atoms with Crippen molar-refractivity contribution in [1.82, 2.24) is 4.90 Å². The summed E-state index contributed by atoms with van der Waals surface area (Å²) in [5.41, 5.74) is 2.56. The van der Waals surface area contributed by atoms with Crippen molar-refractivity contribution in [1.29, 1.82) is 0 Å². The summed E-state index contributed by atoms with van der Waals surface area (Å²) in [6.45, 7) is 2.31. The van der Waals surface area contributed by atoms with Gasteiger partial charge in [0.1, 0.15) is 0 Å². The zero-order valence-electron chi connectivity index (χ0n) is 13.6. The van der Waals surface area contributed by atoms with E-state index in [1.807, 2.05) is 0 Å². The standard InChI is InChI=1S/C20H25NO/c1-15-18(21(2)3)14-19(16-10-6-4-7-11-16)22-20(15)17-12-8-5-9-13-17/h4-13,15,18-20H,14H2,1-3H3/t15-,18+,19+,20-/m1/s1. The second-order valence-corrected chi connectivity index (χ2v) is 6.49. The van der Waals surface area contributed by atoms with Gasteiger partial charge in [-0.05, 0) is 31.6 Å². The number of rotatable bonds is 3. The Bertz CT molecular complexity index is 581. The summed E-state index contributed by atoms with van der Waals surface area (Å²) in [6.07, 6.45) is 1.35. The van der Waals surface area contributed by atoms with Gasteiger partial charge in [0.15, 0.2) is 0 Å². The SMILES string of the molecule is C[C@H]1[C@H](c2ccccc2)O[C@H](c2ccccc2)C[C@@H]1N(C)C. The summed E-state index contributed by atoms with van der Waals surface area (Å²) in [7, 11) is 4.35. The first-order chi connectivity index (χ1) is 10.7. The Morgan fingerprint density at radius 2 is 1.41 bits per heavy atom. The van der Waals surface area contributed by atoms with Gasteiger partial charge in [-0.2, -0.15) is 0 Å². The number of hydrogen-bond donors (Lipinski definition) is 0. The van der Waals surface area contributed by atoms with Crippen molar-refractivity contribution in [2.45, 2.75) is 31.6 Å². The topological polar surface area (TPSA) is 12.5 Å². The van der Waals surface area contributed by atoms with Crippen LogP contribution in [0.25, 0.3) is 0 Å². The average molecular weight is 295 g/mol. The van der Waals surface area contributed by atoms with Crippen LogP contribution in [0.4, 0.5) is 0 Å². The average Bonchev–Trinajstić information content (AvgIpc) is 2.56. The quantitative estimate of drug-likeness (QED) is 0.829. The van der Waals surface area contributed by atoms with Crippen LogP contribution in [0.3, 0.4) is 0 Å². The van der Waals surface area contributed by atoms with Gasteiger partial charge in [-0.25, -0.2) is 0 Å². The summed E-state index contributed by atoms with van der Waals surface area (Å²) in [5, 5.41) is 0. The van der Waals surface area contributed by atoms with Crippen LogP contribution in [0.2, 0.25) is 0 Å². The summed E-state index contributed by atoms with van der Waals surface area (Å²) in [6, 6.07) is 21.8. The normalized spacial score (nSPS) is 28.7. The fourth-order valence-electron chi connectivity index (χ4n) is 3.58. The van der Waals surface area contributed by atoms with Gasteiger partial charge in [0.2, 0.25) is 0 Å². The van der Waals surface area contributed by atoms with Crippen LogP contribution in [0, 0.1) is 5.92 Å². The van der Waals surface area contributed by atoms with Gasteiger partial charge in [-0.15, -0.1) is 0 Å². The third kappa shape index (κ3) is 3.08. The molecule has 2 nitrogen and oxygen atoms in total. The number of nitrogens with zero attached hydrogens (tertiary/aromatic N) is 1. The van der Waals surface area contributed by atoms with Crippen molar-refractivity contribution in [2.75, 3.05) is 14.1 Å². The molecule has 0 radical (unpaired) electrons. The molecule has 2 heteroatoms. The van der Waals surface area contributed by atoms with Crippen molar-refractivity contribution in [3.8, 4) is 0 Å². The van der Waals surface area contributed by atoms with E-state index in [0.717, 1.165) is 6.42 Å². The van der Waals surface area contributed by atoms with Gasteiger partial charge in [0.05, 0.1) is 12.2 Å². The summed E-state index contributed by atoms with van der Waals surface area (Å²) < 4.78 is 6.52. The lowest BCUT2D eigenvalue weighted by atomic mass is 9.82. The molecule has 4 atom stereocenters. The van der Waals surface area contributed by atoms with Crippen LogP contribution in [-0.2, 0) is 4.74 Å². The lowest BCUT2D eigenvalue weighted by Crippen LogP contribution is -2.43. The molecule has 3 rings (SSSR count). The number of hydrogen-bond acceptors (Lipinski definition) is 2. The minimum atomic E-state index is 0.146. The minimum absolute atomic E-state index is 0.146. The Morgan fingerprint density at radius 1 is 0.864 bits per heavy atom. The van der Waals surface area contributed by atoms with E-state index >= 15 is 0 Å².